The van der Waals surface area contributed by atoms with Crippen LogP contribution in [0.2, 0.25) is 11.6 Å². The van der Waals surface area contributed by atoms with Crippen LogP contribution in [0.25, 0.3) is 0 Å². The Hall–Kier alpha value is -0.961. The van der Waals surface area contributed by atoms with Crippen LogP contribution in [0.3, 0.4) is 0 Å². The predicted molar refractivity (Wildman–Crippen MR) is 84.7 cm³/mol. The van der Waals surface area contributed by atoms with Crippen molar-refractivity contribution >= 4 is 29.9 Å². The molecule has 0 aromatic heterocycles. The Kier molecular flexibility index (Phi) is 5.32. The topological polar surface area (TPSA) is 0 Å². The minimum atomic E-state index is 0.0943. The van der Waals surface area contributed by atoms with E-state index in [4.69, 9.17) is 0 Å². The Morgan fingerprint density at radius 3 is 1.84 bits per heavy atom. The fraction of sp³-hybridized carbons (Fsp3) is 0.176. The summed E-state index contributed by atoms with van der Waals surface area (Å²) in [4.78, 5) is 0. The summed E-state index contributed by atoms with van der Waals surface area (Å²) in [6.07, 6.45) is 0. The summed E-state index contributed by atoms with van der Waals surface area (Å²) in [7, 11) is 0. The Balaban J connectivity index is 2.39. The molecule has 0 radical (unpaired) electrons. The van der Waals surface area contributed by atoms with Gasteiger partial charge in [-0.1, -0.05) is 0 Å². The van der Waals surface area contributed by atoms with Crippen LogP contribution in [-0.4, -0.2) is 29.9 Å². The van der Waals surface area contributed by atoms with Gasteiger partial charge in [-0.05, 0) is 0 Å². The predicted octanol–water partition coefficient (Wildman–Crippen LogP) is 3.40. The van der Waals surface area contributed by atoms with Gasteiger partial charge in [-0.2, -0.15) is 0 Å². The Labute approximate surface area is 128 Å². The van der Waals surface area contributed by atoms with Gasteiger partial charge >= 0.3 is 128 Å². The number of rotatable bonds is 3. The summed E-state index contributed by atoms with van der Waals surface area (Å²) < 4.78 is 0.0943. The van der Waals surface area contributed by atoms with Gasteiger partial charge in [0.25, 0.3) is 0 Å². The van der Waals surface area contributed by atoms with Gasteiger partial charge < -0.3 is 0 Å². The summed E-state index contributed by atoms with van der Waals surface area (Å²) >= 11 is 0.954. The molecule has 0 aliphatic carbocycles. The van der Waals surface area contributed by atoms with Crippen LogP contribution in [0.15, 0.2) is 60.7 Å². The Bertz CT molecular complexity index is 560. The van der Waals surface area contributed by atoms with Gasteiger partial charge in [0.1, 0.15) is 0 Å². The molecule has 0 saturated heterocycles. The van der Waals surface area contributed by atoms with E-state index in [9.17, 15) is 0 Å². The number of hydrogen-bond acceptors (Lipinski definition) is 0. The average molecular weight is 378 g/mol. The fourth-order valence-corrected chi connectivity index (χ4v) is 6.20. The molecule has 0 nitrogen and oxygen atoms in total. The Morgan fingerprint density at radius 2 is 1.32 bits per heavy atom. The SMILES string of the molecule is C[Se]C(C#Cc1ccccc1)([Se]C)c1ccccc1. The van der Waals surface area contributed by atoms with E-state index in [0.29, 0.717) is 29.9 Å². The van der Waals surface area contributed by atoms with Gasteiger partial charge in [-0.3, -0.25) is 0 Å². The molecule has 0 aliphatic heterocycles. The molecule has 0 spiro atoms. The van der Waals surface area contributed by atoms with Crippen molar-refractivity contribution in [1.82, 2.24) is 0 Å². The van der Waals surface area contributed by atoms with Crippen molar-refractivity contribution in [1.29, 1.82) is 0 Å². The van der Waals surface area contributed by atoms with E-state index >= 15 is 0 Å². The van der Waals surface area contributed by atoms with Gasteiger partial charge in [0.15, 0.2) is 0 Å². The van der Waals surface area contributed by atoms with Crippen molar-refractivity contribution < 1.29 is 0 Å². The van der Waals surface area contributed by atoms with Crippen molar-refractivity contribution in [3.8, 4) is 11.8 Å². The second kappa shape index (κ2) is 6.99. The molecular formula is C17H16Se2. The molecule has 0 saturated carbocycles. The summed E-state index contributed by atoms with van der Waals surface area (Å²) in [6.45, 7) is 0. The van der Waals surface area contributed by atoms with Gasteiger partial charge in [-0.25, -0.2) is 0 Å². The fourth-order valence-electron chi connectivity index (χ4n) is 1.83. The maximum absolute atomic E-state index is 3.57. The van der Waals surface area contributed by atoms with E-state index in [1.807, 2.05) is 18.2 Å². The van der Waals surface area contributed by atoms with E-state index in [0.717, 1.165) is 5.56 Å². The summed E-state index contributed by atoms with van der Waals surface area (Å²) in [5.41, 5.74) is 2.49. The Morgan fingerprint density at radius 1 is 0.789 bits per heavy atom. The molecule has 0 aliphatic rings. The van der Waals surface area contributed by atoms with Crippen molar-refractivity contribution in [2.45, 2.75) is 14.9 Å². The minimum absolute atomic E-state index is 0.0943. The van der Waals surface area contributed by atoms with E-state index in [1.54, 1.807) is 0 Å². The molecule has 2 aromatic rings. The number of benzene rings is 2. The second-order valence-electron chi connectivity index (χ2n) is 4.01. The molecule has 0 fully saturated rings. The van der Waals surface area contributed by atoms with E-state index < -0.39 is 0 Å². The molecule has 19 heavy (non-hydrogen) atoms. The van der Waals surface area contributed by atoms with Crippen LogP contribution in [-0.2, 0) is 3.21 Å². The number of hydrogen-bond donors (Lipinski definition) is 0. The first kappa shape index (κ1) is 14.4. The monoisotopic (exact) mass is 380 g/mol. The average Bonchev–Trinajstić information content (AvgIpc) is 2.51. The molecule has 0 amide bonds. The van der Waals surface area contributed by atoms with Gasteiger partial charge in [-0.15, -0.1) is 0 Å². The molecule has 2 rings (SSSR count). The molecule has 0 bridgehead atoms. The van der Waals surface area contributed by atoms with E-state index in [2.05, 4.69) is 65.9 Å². The molecule has 2 aromatic carbocycles. The van der Waals surface area contributed by atoms with Crippen molar-refractivity contribution in [2.24, 2.45) is 0 Å². The quantitative estimate of drug-likeness (QED) is 0.568. The zero-order chi connectivity index (χ0) is 13.6. The second-order valence-corrected chi connectivity index (χ2v) is 9.60. The van der Waals surface area contributed by atoms with Gasteiger partial charge in [0.2, 0.25) is 0 Å². The molecule has 2 heteroatoms. The molecule has 0 atom stereocenters. The third kappa shape index (κ3) is 3.53. The maximum atomic E-state index is 3.57. The van der Waals surface area contributed by atoms with Crippen LogP contribution < -0.4 is 0 Å². The van der Waals surface area contributed by atoms with Crippen molar-refractivity contribution in [3.63, 3.8) is 0 Å². The van der Waals surface area contributed by atoms with Crippen LogP contribution in [0.4, 0.5) is 0 Å². The van der Waals surface area contributed by atoms with Crippen LogP contribution in [0, 0.1) is 11.8 Å². The van der Waals surface area contributed by atoms with Gasteiger partial charge in [0.05, 0.1) is 0 Å². The van der Waals surface area contributed by atoms with Crippen LogP contribution in [0.1, 0.15) is 11.1 Å². The summed E-state index contributed by atoms with van der Waals surface area (Å²) in [6, 6.07) is 21.0. The van der Waals surface area contributed by atoms with E-state index in [1.165, 1.54) is 5.56 Å². The first-order chi connectivity index (χ1) is 9.30. The van der Waals surface area contributed by atoms with Crippen molar-refractivity contribution in [3.05, 3.63) is 71.8 Å². The first-order valence-corrected chi connectivity index (χ1v) is 11.2. The molecule has 96 valence electrons. The standard InChI is InChI=1S/C17H16Se2/c1-18-17(19-2,16-11-7-4-8-12-16)14-13-15-9-5-3-6-10-15/h3-12H,1-2H3. The molecule has 0 heterocycles. The zero-order valence-corrected chi connectivity index (χ0v) is 14.5. The van der Waals surface area contributed by atoms with Gasteiger partial charge in [0, 0.05) is 0 Å². The zero-order valence-electron chi connectivity index (χ0n) is 11.1. The third-order valence-corrected chi connectivity index (χ3v) is 10.3. The summed E-state index contributed by atoms with van der Waals surface area (Å²) in [5.74, 6) is 11.5. The molecule has 0 unspecified atom stereocenters. The molecule has 0 N–H and O–H groups in total. The van der Waals surface area contributed by atoms with Crippen molar-refractivity contribution in [2.75, 3.05) is 0 Å². The van der Waals surface area contributed by atoms with Crippen LogP contribution in [0.5, 0.6) is 0 Å². The third-order valence-electron chi connectivity index (χ3n) is 2.87. The van der Waals surface area contributed by atoms with E-state index in [-0.39, 0.29) is 3.21 Å². The molecular weight excluding hydrogens is 362 g/mol. The summed E-state index contributed by atoms with van der Waals surface area (Å²) in [5, 5.41) is 0. The first-order valence-electron chi connectivity index (χ1n) is 6.05. The van der Waals surface area contributed by atoms with Crippen LogP contribution >= 0.6 is 0 Å². The normalized spacial score (nSPS) is 10.6.